The van der Waals surface area contributed by atoms with Crippen molar-refractivity contribution in [3.05, 3.63) is 22.4 Å². The van der Waals surface area contributed by atoms with Crippen LogP contribution in [0.1, 0.15) is 62.3 Å². The van der Waals surface area contributed by atoms with Gasteiger partial charge in [0, 0.05) is 17.5 Å². The fraction of sp³-hybridized carbons (Fsp3) is 0.750. The minimum absolute atomic E-state index is 0.457. The number of thiophene rings is 1. The Kier molecular flexibility index (Phi) is 4.25. The lowest BCUT2D eigenvalue weighted by molar-refractivity contribution is 0.0221. The predicted molar refractivity (Wildman–Crippen MR) is 80.4 cm³/mol. The van der Waals surface area contributed by atoms with Gasteiger partial charge in [-0.05, 0) is 43.0 Å². The van der Waals surface area contributed by atoms with E-state index in [1.54, 1.807) is 0 Å². The van der Waals surface area contributed by atoms with Gasteiger partial charge in [0.05, 0.1) is 5.60 Å². The second-order valence-electron chi connectivity index (χ2n) is 6.35. The summed E-state index contributed by atoms with van der Waals surface area (Å²) in [5, 5.41) is 16.6. The van der Waals surface area contributed by atoms with E-state index in [0.717, 1.165) is 25.3 Å². The van der Waals surface area contributed by atoms with Crippen molar-refractivity contribution in [3.8, 4) is 0 Å². The van der Waals surface area contributed by atoms with Crippen LogP contribution in [0.25, 0.3) is 0 Å². The molecule has 0 radical (unpaired) electrons. The minimum atomic E-state index is -0.457. The van der Waals surface area contributed by atoms with E-state index in [4.69, 9.17) is 0 Å². The summed E-state index contributed by atoms with van der Waals surface area (Å²) in [5.41, 5.74) is -0.457. The molecule has 106 valence electrons. The first-order valence-corrected chi connectivity index (χ1v) is 8.64. The van der Waals surface area contributed by atoms with Crippen molar-refractivity contribution >= 4 is 11.3 Å². The van der Waals surface area contributed by atoms with E-state index in [-0.39, 0.29) is 0 Å². The van der Waals surface area contributed by atoms with Gasteiger partial charge in [0.15, 0.2) is 0 Å². The van der Waals surface area contributed by atoms with Gasteiger partial charge in [-0.15, -0.1) is 11.3 Å². The molecular weight excluding hydrogens is 254 g/mol. The van der Waals surface area contributed by atoms with Gasteiger partial charge in [0.2, 0.25) is 0 Å². The summed E-state index contributed by atoms with van der Waals surface area (Å²) in [6.45, 7) is 0.770. The van der Waals surface area contributed by atoms with E-state index in [1.165, 1.54) is 43.4 Å². The lowest BCUT2D eigenvalue weighted by Gasteiger charge is -2.29. The molecule has 3 heteroatoms. The molecule has 1 atom stereocenters. The molecule has 2 aliphatic carbocycles. The third kappa shape index (κ3) is 3.59. The van der Waals surface area contributed by atoms with Crippen LogP contribution in [0.2, 0.25) is 0 Å². The second kappa shape index (κ2) is 5.94. The van der Waals surface area contributed by atoms with Crippen LogP contribution in [0.5, 0.6) is 0 Å². The van der Waals surface area contributed by atoms with Crippen LogP contribution in [0.3, 0.4) is 0 Å². The van der Waals surface area contributed by atoms with Crippen molar-refractivity contribution in [3.63, 3.8) is 0 Å². The number of aliphatic hydroxyl groups is 1. The zero-order valence-electron chi connectivity index (χ0n) is 11.6. The summed E-state index contributed by atoms with van der Waals surface area (Å²) in [7, 11) is 0. The highest BCUT2D eigenvalue weighted by Gasteiger charge is 2.35. The number of hydrogen-bond donors (Lipinski definition) is 2. The Morgan fingerprint density at radius 1 is 1.26 bits per heavy atom. The fourth-order valence-electron chi connectivity index (χ4n) is 3.26. The molecule has 0 aromatic carbocycles. The maximum absolute atomic E-state index is 10.7. The highest BCUT2D eigenvalue weighted by atomic mass is 32.1. The van der Waals surface area contributed by atoms with Gasteiger partial charge in [-0.3, -0.25) is 0 Å². The molecule has 2 aliphatic rings. The zero-order chi connectivity index (χ0) is 13.1. The molecule has 1 heterocycles. The Hall–Kier alpha value is -0.380. The van der Waals surface area contributed by atoms with Gasteiger partial charge < -0.3 is 10.4 Å². The summed E-state index contributed by atoms with van der Waals surface area (Å²) in [4.78, 5) is 1.44. The van der Waals surface area contributed by atoms with Gasteiger partial charge in [-0.1, -0.05) is 31.7 Å². The summed E-state index contributed by atoms with van der Waals surface area (Å²) in [5.74, 6) is 0.799. The minimum Gasteiger partial charge on any atom is -0.389 e. The topological polar surface area (TPSA) is 32.3 Å². The van der Waals surface area contributed by atoms with Gasteiger partial charge in [-0.25, -0.2) is 0 Å². The molecule has 19 heavy (non-hydrogen) atoms. The van der Waals surface area contributed by atoms with Crippen molar-refractivity contribution < 1.29 is 5.11 Å². The highest BCUT2D eigenvalue weighted by Crippen LogP contribution is 2.42. The van der Waals surface area contributed by atoms with Crippen molar-refractivity contribution in [2.75, 3.05) is 6.54 Å². The largest absolute Gasteiger partial charge is 0.389 e. The van der Waals surface area contributed by atoms with Crippen LogP contribution in [0.4, 0.5) is 0 Å². The van der Waals surface area contributed by atoms with Crippen molar-refractivity contribution in [1.29, 1.82) is 0 Å². The first kappa shape index (κ1) is 13.6. The van der Waals surface area contributed by atoms with Crippen LogP contribution >= 0.6 is 11.3 Å². The monoisotopic (exact) mass is 279 g/mol. The number of nitrogens with one attached hydrogen (secondary N) is 1. The van der Waals surface area contributed by atoms with Crippen LogP contribution in [0, 0.1) is 5.92 Å². The predicted octanol–water partition coefficient (Wildman–Crippen LogP) is 3.87. The molecule has 0 amide bonds. The van der Waals surface area contributed by atoms with E-state index < -0.39 is 5.60 Å². The van der Waals surface area contributed by atoms with Gasteiger partial charge in [0.1, 0.15) is 0 Å². The number of rotatable bonds is 5. The Labute approximate surface area is 120 Å². The number of hydrogen-bond acceptors (Lipinski definition) is 3. The fourth-order valence-corrected chi connectivity index (χ4v) is 4.15. The molecule has 0 bridgehead atoms. The lowest BCUT2D eigenvalue weighted by atomic mass is 9.94. The van der Waals surface area contributed by atoms with Gasteiger partial charge in [0.25, 0.3) is 0 Å². The first-order chi connectivity index (χ1) is 9.27. The Balaban J connectivity index is 1.59. The smallest absolute Gasteiger partial charge is 0.0771 e. The normalized spacial score (nSPS) is 24.9. The average Bonchev–Trinajstić information content (AvgIpc) is 3.13. The van der Waals surface area contributed by atoms with Crippen molar-refractivity contribution in [2.45, 2.75) is 63.0 Å². The molecule has 2 nitrogen and oxygen atoms in total. The van der Waals surface area contributed by atoms with E-state index in [2.05, 4.69) is 22.8 Å². The lowest BCUT2D eigenvalue weighted by Crippen LogP contribution is -2.41. The molecule has 1 aromatic heterocycles. The molecule has 0 aliphatic heterocycles. The molecule has 1 unspecified atom stereocenters. The van der Waals surface area contributed by atoms with Crippen LogP contribution < -0.4 is 5.32 Å². The van der Waals surface area contributed by atoms with Gasteiger partial charge in [-0.2, -0.15) is 0 Å². The highest BCUT2D eigenvalue weighted by molar-refractivity contribution is 7.10. The Morgan fingerprint density at radius 3 is 2.58 bits per heavy atom. The van der Waals surface area contributed by atoms with E-state index in [9.17, 15) is 5.11 Å². The Morgan fingerprint density at radius 2 is 2.00 bits per heavy atom. The molecule has 3 rings (SSSR count). The first-order valence-electron chi connectivity index (χ1n) is 7.76. The van der Waals surface area contributed by atoms with Gasteiger partial charge >= 0.3 is 0 Å². The standard InChI is InChI=1S/C16H25NOS/c18-16(9-3-1-2-4-10-16)12-17-15(13-7-8-13)14-6-5-11-19-14/h5-6,11,13,15,17-18H,1-4,7-10,12H2. The molecule has 1 aromatic rings. The maximum atomic E-state index is 10.7. The average molecular weight is 279 g/mol. The summed E-state index contributed by atoms with van der Waals surface area (Å²) in [6.07, 6.45) is 9.58. The molecule has 0 saturated heterocycles. The maximum Gasteiger partial charge on any atom is 0.0771 e. The van der Waals surface area contributed by atoms with E-state index in [0.29, 0.717) is 6.04 Å². The third-order valence-corrected chi connectivity index (χ3v) is 5.58. The van der Waals surface area contributed by atoms with E-state index in [1.807, 2.05) is 11.3 Å². The summed E-state index contributed by atoms with van der Waals surface area (Å²) in [6, 6.07) is 4.85. The van der Waals surface area contributed by atoms with Crippen molar-refractivity contribution in [2.24, 2.45) is 5.92 Å². The zero-order valence-corrected chi connectivity index (χ0v) is 12.4. The second-order valence-corrected chi connectivity index (χ2v) is 7.33. The molecule has 2 fully saturated rings. The SMILES string of the molecule is OC1(CNC(c2cccs2)C2CC2)CCCCCC1. The molecule has 2 saturated carbocycles. The summed E-state index contributed by atoms with van der Waals surface area (Å²) < 4.78 is 0. The van der Waals surface area contributed by atoms with Crippen molar-refractivity contribution in [1.82, 2.24) is 5.32 Å². The van der Waals surface area contributed by atoms with Crippen LogP contribution in [0.15, 0.2) is 17.5 Å². The van der Waals surface area contributed by atoms with E-state index >= 15 is 0 Å². The quantitative estimate of drug-likeness (QED) is 0.802. The Bertz CT molecular complexity index is 377. The molecular formula is C16H25NOS. The summed E-state index contributed by atoms with van der Waals surface area (Å²) >= 11 is 1.84. The third-order valence-electron chi connectivity index (χ3n) is 4.63. The van der Waals surface area contributed by atoms with Crippen LogP contribution in [-0.2, 0) is 0 Å². The molecule has 2 N–H and O–H groups in total. The molecule has 0 spiro atoms. The van der Waals surface area contributed by atoms with Crippen LogP contribution in [-0.4, -0.2) is 17.3 Å².